The van der Waals surface area contributed by atoms with Gasteiger partial charge in [-0.1, -0.05) is 0 Å². The average molecular weight is 235 g/mol. The van der Waals surface area contributed by atoms with Gasteiger partial charge in [0, 0.05) is 6.07 Å². The van der Waals surface area contributed by atoms with Crippen molar-refractivity contribution in [2.45, 2.75) is 6.04 Å². The third-order valence-electron chi connectivity index (χ3n) is 1.96. The van der Waals surface area contributed by atoms with E-state index in [1.807, 2.05) is 0 Å². The second-order valence-electron chi connectivity index (χ2n) is 3.11. The zero-order chi connectivity index (χ0) is 11.1. The summed E-state index contributed by atoms with van der Waals surface area (Å²) in [6.45, 7) is -0.161. The Morgan fingerprint density at radius 1 is 1.27 bits per heavy atom. The topological polar surface area (TPSA) is 55.4 Å². The molecule has 7 heteroatoms. The monoisotopic (exact) mass is 235 g/mol. The van der Waals surface area contributed by atoms with Crippen LogP contribution in [-0.4, -0.2) is 15.0 Å². The van der Waals surface area contributed by atoms with Gasteiger partial charge in [-0.25, -0.2) is 8.78 Å². The molecule has 1 fully saturated rings. The fourth-order valence-corrected chi connectivity index (χ4v) is 2.28. The zero-order valence-electron chi connectivity index (χ0n) is 7.41. The summed E-state index contributed by atoms with van der Waals surface area (Å²) in [4.78, 5) is 0. The molecule has 0 bridgehead atoms. The molecule has 82 valence electrons. The van der Waals surface area contributed by atoms with Crippen molar-refractivity contribution in [3.8, 4) is 0 Å². The van der Waals surface area contributed by atoms with Crippen molar-refractivity contribution in [1.29, 1.82) is 0 Å². The Labute approximate surface area is 85.1 Å². The predicted molar refractivity (Wildman–Crippen MR) is 47.1 cm³/mol. The largest absolute Gasteiger partial charge is 0.336 e. The van der Waals surface area contributed by atoms with Crippen LogP contribution < -0.4 is 4.72 Å². The van der Waals surface area contributed by atoms with Gasteiger partial charge in [-0.05, 0) is 17.7 Å². The van der Waals surface area contributed by atoms with Crippen molar-refractivity contribution < 1.29 is 21.4 Å². The lowest BCUT2D eigenvalue weighted by Crippen LogP contribution is -2.19. The van der Waals surface area contributed by atoms with Crippen LogP contribution in [0.15, 0.2) is 18.2 Å². The van der Waals surface area contributed by atoms with E-state index in [4.69, 9.17) is 0 Å². The van der Waals surface area contributed by atoms with Gasteiger partial charge in [0.15, 0.2) is 0 Å². The van der Waals surface area contributed by atoms with Crippen LogP contribution in [0.1, 0.15) is 11.6 Å². The highest BCUT2D eigenvalue weighted by Crippen LogP contribution is 2.22. The van der Waals surface area contributed by atoms with Crippen molar-refractivity contribution in [2.75, 3.05) is 6.61 Å². The number of benzene rings is 1. The quantitative estimate of drug-likeness (QED) is 0.785. The van der Waals surface area contributed by atoms with E-state index >= 15 is 0 Å². The third kappa shape index (κ3) is 2.31. The zero-order valence-corrected chi connectivity index (χ0v) is 8.22. The van der Waals surface area contributed by atoms with Crippen LogP contribution in [0.2, 0.25) is 0 Å². The molecule has 1 heterocycles. The molecule has 1 aromatic rings. The van der Waals surface area contributed by atoms with Crippen LogP contribution in [0.4, 0.5) is 8.78 Å². The molecule has 2 rings (SSSR count). The van der Waals surface area contributed by atoms with Crippen LogP contribution in [0.5, 0.6) is 0 Å². The molecular formula is C8H7F2NO3S. The number of halogens is 2. The molecule has 0 saturated carbocycles. The summed E-state index contributed by atoms with van der Waals surface area (Å²) < 4.78 is 53.9. The van der Waals surface area contributed by atoms with Gasteiger partial charge in [-0.3, -0.25) is 4.18 Å². The van der Waals surface area contributed by atoms with E-state index in [-0.39, 0.29) is 12.2 Å². The minimum absolute atomic E-state index is 0.161. The first kappa shape index (κ1) is 10.5. The lowest BCUT2D eigenvalue weighted by Gasteiger charge is -2.06. The Morgan fingerprint density at radius 2 is 1.87 bits per heavy atom. The summed E-state index contributed by atoms with van der Waals surface area (Å²) in [5.74, 6) is -1.51. The maximum atomic E-state index is 12.8. The molecular weight excluding hydrogens is 228 g/mol. The molecule has 1 aliphatic heterocycles. The highest BCUT2D eigenvalue weighted by Gasteiger charge is 2.29. The van der Waals surface area contributed by atoms with E-state index in [2.05, 4.69) is 8.91 Å². The summed E-state index contributed by atoms with van der Waals surface area (Å²) in [6.07, 6.45) is 0. The fraction of sp³-hybridized carbons (Fsp3) is 0.250. The van der Waals surface area contributed by atoms with Crippen molar-refractivity contribution in [3.05, 3.63) is 35.4 Å². The van der Waals surface area contributed by atoms with E-state index in [1.54, 1.807) is 0 Å². The first-order valence-corrected chi connectivity index (χ1v) is 5.50. The molecule has 1 N–H and O–H groups in total. The Kier molecular flexibility index (Phi) is 2.45. The first-order valence-electron chi connectivity index (χ1n) is 4.09. The molecule has 0 aromatic heterocycles. The summed E-state index contributed by atoms with van der Waals surface area (Å²) in [7, 11) is -3.76. The van der Waals surface area contributed by atoms with Crippen LogP contribution in [-0.2, 0) is 14.5 Å². The minimum Gasteiger partial charge on any atom is -0.256 e. The molecule has 1 aromatic carbocycles. The van der Waals surface area contributed by atoms with Crippen molar-refractivity contribution in [1.82, 2.24) is 4.72 Å². The number of rotatable bonds is 1. The molecule has 1 atom stereocenters. The highest BCUT2D eigenvalue weighted by atomic mass is 32.2. The molecule has 0 aliphatic carbocycles. The Morgan fingerprint density at radius 3 is 2.33 bits per heavy atom. The van der Waals surface area contributed by atoms with Crippen LogP contribution in [0.25, 0.3) is 0 Å². The number of hydrogen-bond donors (Lipinski definition) is 1. The predicted octanol–water partition coefficient (Wildman–Crippen LogP) is 0.871. The maximum absolute atomic E-state index is 12.8. The molecule has 1 aliphatic rings. The van der Waals surface area contributed by atoms with Crippen LogP contribution in [0, 0.1) is 11.6 Å². The van der Waals surface area contributed by atoms with E-state index in [9.17, 15) is 17.2 Å². The normalized spacial score (nSPS) is 24.3. The fourth-order valence-electron chi connectivity index (χ4n) is 1.34. The molecule has 15 heavy (non-hydrogen) atoms. The molecule has 1 saturated heterocycles. The second-order valence-corrected chi connectivity index (χ2v) is 4.49. The van der Waals surface area contributed by atoms with E-state index in [0.717, 1.165) is 12.1 Å². The highest BCUT2D eigenvalue weighted by molar-refractivity contribution is 7.84. The van der Waals surface area contributed by atoms with Crippen LogP contribution in [0.3, 0.4) is 0 Å². The second kappa shape index (κ2) is 3.51. The molecule has 4 nitrogen and oxygen atoms in total. The Balaban J connectivity index is 2.31. The van der Waals surface area contributed by atoms with Gasteiger partial charge in [-0.15, -0.1) is 0 Å². The standard InChI is InChI=1S/C8H7F2NO3S/c9-6-1-5(2-7(10)3-6)8-4-14-15(12,13)11-8/h1-3,8,11H,4H2. The minimum atomic E-state index is -3.76. The third-order valence-corrected chi connectivity index (χ3v) is 2.98. The van der Waals surface area contributed by atoms with Crippen molar-refractivity contribution in [3.63, 3.8) is 0 Å². The smallest absolute Gasteiger partial charge is 0.256 e. The van der Waals surface area contributed by atoms with Gasteiger partial charge in [-0.2, -0.15) is 13.1 Å². The summed E-state index contributed by atoms with van der Waals surface area (Å²) in [6, 6.07) is 2.10. The lowest BCUT2D eigenvalue weighted by molar-refractivity contribution is 0.338. The van der Waals surface area contributed by atoms with Gasteiger partial charge in [0.05, 0.1) is 12.6 Å². The molecule has 0 spiro atoms. The summed E-state index contributed by atoms with van der Waals surface area (Å²) in [5, 5.41) is 0. The van der Waals surface area contributed by atoms with Gasteiger partial charge < -0.3 is 0 Å². The molecule has 0 radical (unpaired) electrons. The first-order chi connectivity index (χ1) is 6.96. The van der Waals surface area contributed by atoms with Gasteiger partial charge in [0.1, 0.15) is 11.6 Å². The Hall–Kier alpha value is -1.05. The van der Waals surface area contributed by atoms with E-state index < -0.39 is 28.0 Å². The van der Waals surface area contributed by atoms with Crippen LogP contribution >= 0.6 is 0 Å². The molecule has 0 amide bonds. The Bertz CT molecular complexity index is 468. The SMILES string of the molecule is O=S1(=O)NC(c2cc(F)cc(F)c2)CO1. The number of nitrogens with one attached hydrogen (secondary N) is 1. The van der Waals surface area contributed by atoms with Gasteiger partial charge in [0.2, 0.25) is 0 Å². The lowest BCUT2D eigenvalue weighted by atomic mass is 10.1. The van der Waals surface area contributed by atoms with Crippen molar-refractivity contribution >= 4 is 10.3 Å². The summed E-state index contributed by atoms with van der Waals surface area (Å²) >= 11 is 0. The molecule has 1 unspecified atom stereocenters. The average Bonchev–Trinajstić information content (AvgIpc) is 2.44. The van der Waals surface area contributed by atoms with Crippen molar-refractivity contribution in [2.24, 2.45) is 0 Å². The maximum Gasteiger partial charge on any atom is 0.336 e. The van der Waals surface area contributed by atoms with Gasteiger partial charge >= 0.3 is 10.3 Å². The van der Waals surface area contributed by atoms with E-state index in [0.29, 0.717) is 6.07 Å². The van der Waals surface area contributed by atoms with E-state index in [1.165, 1.54) is 0 Å². The number of hydrogen-bond acceptors (Lipinski definition) is 3. The van der Waals surface area contributed by atoms with Gasteiger partial charge in [0.25, 0.3) is 0 Å². The summed E-state index contributed by atoms with van der Waals surface area (Å²) in [5.41, 5.74) is 0.202.